The average molecular weight is 248 g/mol. The summed E-state index contributed by atoms with van der Waals surface area (Å²) in [7, 11) is 0. The van der Waals surface area contributed by atoms with Crippen molar-refractivity contribution in [2.75, 3.05) is 13.2 Å². The van der Waals surface area contributed by atoms with Crippen molar-refractivity contribution >= 4 is 11.3 Å². The molecule has 0 spiro atoms. The number of ether oxygens (including phenoxy) is 1. The predicted molar refractivity (Wildman–Crippen MR) is 66.7 cm³/mol. The average Bonchev–Trinajstić information content (AvgIpc) is 2.60. The van der Waals surface area contributed by atoms with E-state index < -0.39 is 0 Å². The minimum absolute atomic E-state index is 0.0333. The van der Waals surface area contributed by atoms with E-state index in [0.717, 1.165) is 12.1 Å². The molecule has 0 N–H and O–H groups in total. The fraction of sp³-hybridized carbons (Fsp3) is 0.583. The molecule has 1 saturated heterocycles. The van der Waals surface area contributed by atoms with E-state index >= 15 is 0 Å². The van der Waals surface area contributed by atoms with Crippen molar-refractivity contribution in [3.05, 3.63) is 22.4 Å². The summed E-state index contributed by atoms with van der Waals surface area (Å²) in [4.78, 5) is 21.3. The molecule has 1 fully saturated rings. The third-order valence-electron chi connectivity index (χ3n) is 3.37. The lowest BCUT2D eigenvalue weighted by Crippen LogP contribution is -2.38. The second-order valence-electron chi connectivity index (χ2n) is 4.45. The van der Waals surface area contributed by atoms with Crippen LogP contribution >= 0.6 is 0 Å². The lowest BCUT2D eigenvalue weighted by Gasteiger charge is -2.26. The van der Waals surface area contributed by atoms with E-state index in [1.54, 1.807) is 15.3 Å². The molecule has 0 bridgehead atoms. The van der Waals surface area contributed by atoms with Gasteiger partial charge < -0.3 is 4.74 Å². The minimum Gasteiger partial charge on any atom is -0.377 e. The third kappa shape index (κ3) is 1.49. The minimum atomic E-state index is -0.0333. The van der Waals surface area contributed by atoms with Crippen molar-refractivity contribution in [3.8, 4) is 0 Å². The van der Waals surface area contributed by atoms with E-state index in [4.69, 9.17) is 4.74 Å². The maximum atomic E-state index is 12.3. The highest BCUT2D eigenvalue weighted by molar-refractivity contribution is 5.66. The summed E-state index contributed by atoms with van der Waals surface area (Å²) in [6, 6.07) is 0.106. The van der Waals surface area contributed by atoms with Gasteiger partial charge in [-0.3, -0.25) is 9.13 Å². The summed E-state index contributed by atoms with van der Waals surface area (Å²) in [6.45, 7) is 5.75. The Kier molecular flexibility index (Phi) is 2.66. The fourth-order valence-corrected chi connectivity index (χ4v) is 2.23. The first-order valence-corrected chi connectivity index (χ1v) is 6.30. The van der Waals surface area contributed by atoms with Crippen LogP contribution < -0.4 is 5.69 Å². The molecule has 3 heterocycles. The van der Waals surface area contributed by atoms with Gasteiger partial charge in [-0.15, -0.1) is 0 Å². The second kappa shape index (κ2) is 4.20. The molecule has 96 valence electrons. The summed E-state index contributed by atoms with van der Waals surface area (Å²) in [6.07, 6.45) is 2.56. The molecule has 2 aromatic rings. The van der Waals surface area contributed by atoms with Crippen molar-refractivity contribution in [2.24, 2.45) is 0 Å². The Morgan fingerprint density at radius 3 is 2.72 bits per heavy atom. The van der Waals surface area contributed by atoms with E-state index in [1.807, 2.05) is 13.8 Å². The van der Waals surface area contributed by atoms with Crippen LogP contribution in [-0.2, 0) is 17.7 Å². The maximum absolute atomic E-state index is 12.3. The van der Waals surface area contributed by atoms with Crippen LogP contribution in [0.15, 0.2) is 11.0 Å². The summed E-state index contributed by atoms with van der Waals surface area (Å²) in [5, 5.41) is 0. The van der Waals surface area contributed by atoms with E-state index in [0.29, 0.717) is 31.1 Å². The molecule has 6 heteroatoms. The van der Waals surface area contributed by atoms with Crippen LogP contribution in [0.25, 0.3) is 11.3 Å². The summed E-state index contributed by atoms with van der Waals surface area (Å²) >= 11 is 0. The zero-order chi connectivity index (χ0) is 12.7. The van der Waals surface area contributed by atoms with Gasteiger partial charge in [0.25, 0.3) is 0 Å². The zero-order valence-corrected chi connectivity index (χ0v) is 10.6. The van der Waals surface area contributed by atoms with Crippen LogP contribution in [0.3, 0.4) is 0 Å². The lowest BCUT2D eigenvalue weighted by atomic mass is 10.2. The van der Waals surface area contributed by atoms with Gasteiger partial charge in [-0.2, -0.15) is 0 Å². The number of aryl methyl sites for hydroxylation is 2. The normalized spacial score (nSPS) is 16.1. The molecule has 0 radical (unpaired) electrons. The third-order valence-corrected chi connectivity index (χ3v) is 3.37. The Morgan fingerprint density at radius 2 is 2.17 bits per heavy atom. The molecular formula is C12H16N4O2. The summed E-state index contributed by atoms with van der Waals surface area (Å²) < 4.78 is 8.57. The van der Waals surface area contributed by atoms with Gasteiger partial charge in [0, 0.05) is 6.54 Å². The van der Waals surface area contributed by atoms with Gasteiger partial charge in [-0.1, -0.05) is 6.92 Å². The Bertz CT molecular complexity index is 639. The second-order valence-corrected chi connectivity index (χ2v) is 4.45. The van der Waals surface area contributed by atoms with Gasteiger partial charge in [-0.05, 0) is 13.3 Å². The molecular weight excluding hydrogens is 232 g/mol. The van der Waals surface area contributed by atoms with Crippen LogP contribution in [0, 0.1) is 0 Å². The molecule has 2 aromatic heterocycles. The Morgan fingerprint density at radius 1 is 1.39 bits per heavy atom. The number of rotatable bonds is 3. The van der Waals surface area contributed by atoms with E-state index in [1.165, 1.54) is 0 Å². The zero-order valence-electron chi connectivity index (χ0n) is 10.6. The van der Waals surface area contributed by atoms with Gasteiger partial charge >= 0.3 is 5.69 Å². The first kappa shape index (κ1) is 11.4. The van der Waals surface area contributed by atoms with E-state index in [9.17, 15) is 4.79 Å². The Hall–Kier alpha value is -1.69. The summed E-state index contributed by atoms with van der Waals surface area (Å²) in [5.74, 6) is 0. The molecule has 0 saturated carbocycles. The highest BCUT2D eigenvalue weighted by Crippen LogP contribution is 2.20. The quantitative estimate of drug-likeness (QED) is 0.804. The molecule has 0 atom stereocenters. The smallest absolute Gasteiger partial charge is 0.331 e. The highest BCUT2D eigenvalue weighted by atomic mass is 16.5. The van der Waals surface area contributed by atoms with Crippen molar-refractivity contribution in [2.45, 2.75) is 32.9 Å². The lowest BCUT2D eigenvalue weighted by molar-refractivity contribution is -0.0234. The number of imidazole rings is 1. The van der Waals surface area contributed by atoms with E-state index in [2.05, 4.69) is 9.97 Å². The molecule has 0 aliphatic carbocycles. The molecule has 3 rings (SSSR count). The largest absolute Gasteiger partial charge is 0.377 e. The first-order valence-electron chi connectivity index (χ1n) is 6.30. The van der Waals surface area contributed by atoms with Crippen LogP contribution in [0.5, 0.6) is 0 Å². The van der Waals surface area contributed by atoms with Crippen molar-refractivity contribution in [3.63, 3.8) is 0 Å². The number of hydrogen-bond acceptors (Lipinski definition) is 4. The van der Waals surface area contributed by atoms with Gasteiger partial charge in [0.1, 0.15) is 0 Å². The van der Waals surface area contributed by atoms with Crippen molar-refractivity contribution < 1.29 is 4.74 Å². The Balaban J connectivity index is 2.30. The maximum Gasteiger partial charge on any atom is 0.331 e. The van der Waals surface area contributed by atoms with Crippen LogP contribution in [0.1, 0.15) is 25.6 Å². The molecule has 0 unspecified atom stereocenters. The number of fused-ring (bicyclic) bond motifs is 1. The molecule has 6 nitrogen and oxygen atoms in total. The number of hydrogen-bond donors (Lipinski definition) is 0. The van der Waals surface area contributed by atoms with Crippen molar-refractivity contribution in [1.29, 1.82) is 0 Å². The standard InChI is InChI=1S/C12H16N4O2/c1-3-8-5-13-10-11(14-8)16(9-6-18-7-9)12(17)15(10)4-2/h5,9H,3-4,6-7H2,1-2H3. The van der Waals surface area contributed by atoms with Crippen LogP contribution in [0.4, 0.5) is 0 Å². The van der Waals surface area contributed by atoms with Gasteiger partial charge in [0.05, 0.1) is 31.1 Å². The molecule has 18 heavy (non-hydrogen) atoms. The number of aromatic nitrogens is 4. The van der Waals surface area contributed by atoms with Crippen LogP contribution in [-0.4, -0.2) is 32.3 Å². The molecule has 0 aromatic carbocycles. The fourth-order valence-electron chi connectivity index (χ4n) is 2.23. The van der Waals surface area contributed by atoms with Gasteiger partial charge in [0.15, 0.2) is 11.3 Å². The molecule has 0 amide bonds. The summed E-state index contributed by atoms with van der Waals surface area (Å²) in [5.41, 5.74) is 2.24. The highest BCUT2D eigenvalue weighted by Gasteiger charge is 2.27. The monoisotopic (exact) mass is 248 g/mol. The molecule has 1 aliphatic heterocycles. The predicted octanol–water partition coefficient (Wildman–Crippen LogP) is 0.747. The topological polar surface area (TPSA) is 61.9 Å². The number of nitrogens with zero attached hydrogens (tertiary/aromatic N) is 4. The van der Waals surface area contributed by atoms with E-state index in [-0.39, 0.29) is 11.7 Å². The van der Waals surface area contributed by atoms with Crippen molar-refractivity contribution in [1.82, 2.24) is 19.1 Å². The molecule has 1 aliphatic rings. The van der Waals surface area contributed by atoms with Crippen LogP contribution in [0.2, 0.25) is 0 Å². The van der Waals surface area contributed by atoms with Gasteiger partial charge in [-0.25, -0.2) is 14.8 Å². The first-order chi connectivity index (χ1) is 8.76. The Labute approximate surface area is 104 Å². The SMILES string of the molecule is CCc1cnc2c(n1)n(C1COC1)c(=O)n2CC. The van der Waals surface area contributed by atoms with Gasteiger partial charge in [0.2, 0.25) is 0 Å².